The number of carbonyl (C=O) groups is 2. The van der Waals surface area contributed by atoms with E-state index in [0.717, 1.165) is 44.9 Å². The summed E-state index contributed by atoms with van der Waals surface area (Å²) in [5.41, 5.74) is 0. The average molecular weight is 282 g/mol. The third kappa shape index (κ3) is 3.95. The van der Waals surface area contributed by atoms with Gasteiger partial charge in [0.2, 0.25) is 11.8 Å². The van der Waals surface area contributed by atoms with E-state index in [0.29, 0.717) is 6.54 Å². The van der Waals surface area contributed by atoms with Crippen molar-refractivity contribution in [1.29, 1.82) is 0 Å². The maximum atomic E-state index is 12.0. The van der Waals surface area contributed by atoms with Gasteiger partial charge < -0.3 is 15.3 Å². The molecule has 0 spiro atoms. The second kappa shape index (κ2) is 7.07. The zero-order chi connectivity index (χ0) is 14.5. The van der Waals surface area contributed by atoms with Crippen molar-refractivity contribution in [3.8, 4) is 0 Å². The minimum atomic E-state index is -0.279. The first-order chi connectivity index (χ1) is 9.58. The molecule has 114 valence electrons. The van der Waals surface area contributed by atoms with Gasteiger partial charge in [-0.05, 0) is 25.7 Å². The number of hydrogen-bond acceptors (Lipinski definition) is 3. The standard InChI is InChI=1S/C15H26N2O3/c1-17(10-12-7-4-8-13(12)18)14(19)9-16-15(20)11-5-2-3-6-11/h11-13,18H,2-10H2,1H3,(H,16,20). The molecule has 0 saturated heterocycles. The van der Waals surface area contributed by atoms with Crippen LogP contribution in [0.3, 0.4) is 0 Å². The molecule has 2 atom stereocenters. The molecule has 2 amide bonds. The molecule has 0 aromatic rings. The molecule has 0 heterocycles. The largest absolute Gasteiger partial charge is 0.393 e. The van der Waals surface area contributed by atoms with Gasteiger partial charge in [-0.25, -0.2) is 0 Å². The summed E-state index contributed by atoms with van der Waals surface area (Å²) >= 11 is 0. The van der Waals surface area contributed by atoms with Gasteiger partial charge in [0, 0.05) is 25.4 Å². The highest BCUT2D eigenvalue weighted by atomic mass is 16.3. The lowest BCUT2D eigenvalue weighted by molar-refractivity contribution is -0.133. The molecule has 2 unspecified atom stereocenters. The third-order valence-corrected chi connectivity index (χ3v) is 4.69. The molecule has 2 rings (SSSR count). The molecule has 2 aliphatic carbocycles. The van der Waals surface area contributed by atoms with Crippen molar-refractivity contribution in [2.24, 2.45) is 11.8 Å². The van der Waals surface area contributed by atoms with Crippen LogP contribution in [-0.2, 0) is 9.59 Å². The fourth-order valence-corrected chi connectivity index (χ4v) is 3.31. The summed E-state index contributed by atoms with van der Waals surface area (Å²) in [6.45, 7) is 0.661. The van der Waals surface area contributed by atoms with Crippen LogP contribution in [-0.4, -0.2) is 48.1 Å². The predicted octanol–water partition coefficient (Wildman–Crippen LogP) is 0.912. The van der Waals surface area contributed by atoms with Crippen LogP contribution in [0, 0.1) is 11.8 Å². The molecule has 0 aromatic heterocycles. The van der Waals surface area contributed by atoms with Crippen molar-refractivity contribution >= 4 is 11.8 Å². The lowest BCUT2D eigenvalue weighted by Gasteiger charge is -2.23. The molecule has 0 radical (unpaired) electrons. The summed E-state index contributed by atoms with van der Waals surface area (Å²) in [4.78, 5) is 25.5. The van der Waals surface area contributed by atoms with Gasteiger partial charge in [-0.15, -0.1) is 0 Å². The molecule has 0 aliphatic heterocycles. The molecular formula is C15H26N2O3. The van der Waals surface area contributed by atoms with E-state index in [9.17, 15) is 14.7 Å². The topological polar surface area (TPSA) is 69.6 Å². The van der Waals surface area contributed by atoms with Crippen LogP contribution in [0.5, 0.6) is 0 Å². The van der Waals surface area contributed by atoms with Crippen molar-refractivity contribution in [3.05, 3.63) is 0 Å². The number of hydrogen-bond donors (Lipinski definition) is 2. The molecule has 0 aromatic carbocycles. The molecular weight excluding hydrogens is 256 g/mol. The SMILES string of the molecule is CN(CC1CCCC1O)C(=O)CNC(=O)C1CCCC1. The Morgan fingerprint density at radius 1 is 1.15 bits per heavy atom. The van der Waals surface area contributed by atoms with Gasteiger partial charge in [0.05, 0.1) is 12.6 Å². The fraction of sp³-hybridized carbons (Fsp3) is 0.867. The molecule has 2 fully saturated rings. The van der Waals surface area contributed by atoms with Gasteiger partial charge in [0.1, 0.15) is 0 Å². The molecule has 2 saturated carbocycles. The molecule has 5 heteroatoms. The Kier molecular flexibility index (Phi) is 5.40. The van der Waals surface area contributed by atoms with E-state index in [1.54, 1.807) is 11.9 Å². The van der Waals surface area contributed by atoms with Gasteiger partial charge in [-0.3, -0.25) is 9.59 Å². The normalized spacial score (nSPS) is 26.7. The summed E-state index contributed by atoms with van der Waals surface area (Å²) < 4.78 is 0. The zero-order valence-electron chi connectivity index (χ0n) is 12.3. The molecule has 5 nitrogen and oxygen atoms in total. The summed E-state index contributed by atoms with van der Waals surface area (Å²) in [5.74, 6) is 0.236. The lowest BCUT2D eigenvalue weighted by Crippen LogP contribution is -2.42. The highest BCUT2D eigenvalue weighted by Crippen LogP contribution is 2.26. The third-order valence-electron chi connectivity index (χ3n) is 4.69. The molecule has 20 heavy (non-hydrogen) atoms. The first-order valence-electron chi connectivity index (χ1n) is 7.77. The summed E-state index contributed by atoms with van der Waals surface area (Å²) in [6.07, 6.45) is 6.70. The van der Waals surface area contributed by atoms with Gasteiger partial charge in [0.15, 0.2) is 0 Å². The van der Waals surface area contributed by atoms with E-state index in [-0.39, 0.29) is 36.3 Å². The van der Waals surface area contributed by atoms with E-state index >= 15 is 0 Å². The molecule has 2 aliphatic rings. The van der Waals surface area contributed by atoms with Gasteiger partial charge >= 0.3 is 0 Å². The second-order valence-electron chi connectivity index (χ2n) is 6.23. The Bertz CT molecular complexity index is 353. The van der Waals surface area contributed by atoms with Crippen LogP contribution in [0.15, 0.2) is 0 Å². The number of aliphatic hydroxyl groups excluding tert-OH is 1. The first-order valence-corrected chi connectivity index (χ1v) is 7.77. The van der Waals surface area contributed by atoms with Gasteiger partial charge in [-0.1, -0.05) is 19.3 Å². The van der Waals surface area contributed by atoms with Crippen LogP contribution in [0.4, 0.5) is 0 Å². The number of amides is 2. The Hall–Kier alpha value is -1.10. The predicted molar refractivity (Wildman–Crippen MR) is 76.0 cm³/mol. The second-order valence-corrected chi connectivity index (χ2v) is 6.23. The summed E-state index contributed by atoms with van der Waals surface area (Å²) in [7, 11) is 1.75. The molecule has 0 bridgehead atoms. The Labute approximate surface area is 120 Å². The van der Waals surface area contributed by atoms with Crippen molar-refractivity contribution in [1.82, 2.24) is 10.2 Å². The van der Waals surface area contributed by atoms with E-state index in [4.69, 9.17) is 0 Å². The van der Waals surface area contributed by atoms with Crippen LogP contribution in [0.25, 0.3) is 0 Å². The summed E-state index contributed by atoms with van der Waals surface area (Å²) in [5, 5.41) is 12.5. The maximum absolute atomic E-state index is 12.0. The highest BCUT2D eigenvalue weighted by Gasteiger charge is 2.28. The Morgan fingerprint density at radius 2 is 1.85 bits per heavy atom. The average Bonchev–Trinajstić information content (AvgIpc) is 3.08. The molecule has 2 N–H and O–H groups in total. The van der Waals surface area contributed by atoms with Crippen LogP contribution >= 0.6 is 0 Å². The van der Waals surface area contributed by atoms with Crippen LogP contribution in [0.2, 0.25) is 0 Å². The highest BCUT2D eigenvalue weighted by molar-refractivity contribution is 5.85. The number of nitrogens with zero attached hydrogens (tertiary/aromatic N) is 1. The van der Waals surface area contributed by atoms with Crippen LogP contribution < -0.4 is 5.32 Å². The van der Waals surface area contributed by atoms with E-state index < -0.39 is 0 Å². The number of nitrogens with one attached hydrogen (secondary N) is 1. The number of likely N-dealkylation sites (N-methyl/N-ethyl adjacent to an activating group) is 1. The fourth-order valence-electron chi connectivity index (χ4n) is 3.31. The van der Waals surface area contributed by atoms with Crippen molar-refractivity contribution in [2.75, 3.05) is 20.1 Å². The lowest BCUT2D eigenvalue weighted by atomic mass is 10.1. The van der Waals surface area contributed by atoms with Crippen molar-refractivity contribution in [3.63, 3.8) is 0 Å². The van der Waals surface area contributed by atoms with Crippen molar-refractivity contribution in [2.45, 2.75) is 51.0 Å². The monoisotopic (exact) mass is 282 g/mol. The summed E-state index contributed by atoms with van der Waals surface area (Å²) in [6, 6.07) is 0. The number of carbonyl (C=O) groups excluding carboxylic acids is 2. The van der Waals surface area contributed by atoms with Gasteiger partial charge in [-0.2, -0.15) is 0 Å². The Balaban J connectivity index is 1.69. The zero-order valence-corrected chi connectivity index (χ0v) is 12.3. The van der Waals surface area contributed by atoms with E-state index in [2.05, 4.69) is 5.32 Å². The maximum Gasteiger partial charge on any atom is 0.241 e. The van der Waals surface area contributed by atoms with Crippen molar-refractivity contribution < 1.29 is 14.7 Å². The number of aliphatic hydroxyl groups is 1. The number of rotatable bonds is 5. The smallest absolute Gasteiger partial charge is 0.241 e. The quantitative estimate of drug-likeness (QED) is 0.787. The van der Waals surface area contributed by atoms with E-state index in [1.807, 2.05) is 0 Å². The Morgan fingerprint density at radius 3 is 2.45 bits per heavy atom. The van der Waals surface area contributed by atoms with E-state index in [1.165, 1.54) is 0 Å². The minimum Gasteiger partial charge on any atom is -0.393 e. The van der Waals surface area contributed by atoms with Gasteiger partial charge in [0.25, 0.3) is 0 Å². The van der Waals surface area contributed by atoms with Crippen LogP contribution in [0.1, 0.15) is 44.9 Å². The first kappa shape index (κ1) is 15.3. The minimum absolute atomic E-state index is 0.0187.